The molecule has 0 spiro atoms. The molecule has 2 aromatic rings. The summed E-state index contributed by atoms with van der Waals surface area (Å²) in [6, 6.07) is 5.40. The molecule has 6 heteroatoms. The first-order valence-electron chi connectivity index (χ1n) is 5.88. The lowest BCUT2D eigenvalue weighted by Gasteiger charge is -2.06. The summed E-state index contributed by atoms with van der Waals surface area (Å²) < 4.78 is 1.97. The van der Waals surface area contributed by atoms with Gasteiger partial charge in [0.05, 0.1) is 18.4 Å². The van der Waals surface area contributed by atoms with Crippen LogP contribution < -0.4 is 5.32 Å². The number of amides is 1. The van der Waals surface area contributed by atoms with Gasteiger partial charge in [0.1, 0.15) is 5.69 Å². The van der Waals surface area contributed by atoms with Gasteiger partial charge in [0.25, 0.3) is 5.91 Å². The van der Waals surface area contributed by atoms with E-state index >= 15 is 0 Å². The van der Waals surface area contributed by atoms with Gasteiger partial charge in [-0.1, -0.05) is 17.8 Å². The van der Waals surface area contributed by atoms with Crippen LogP contribution in [0.2, 0.25) is 0 Å². The van der Waals surface area contributed by atoms with Crippen molar-refractivity contribution in [3.8, 4) is 0 Å². The first-order chi connectivity index (χ1) is 9.11. The van der Waals surface area contributed by atoms with Gasteiger partial charge in [0, 0.05) is 12.7 Å². The number of carbonyl (C=O) groups excluding carboxylic acids is 1. The van der Waals surface area contributed by atoms with Crippen molar-refractivity contribution in [3.05, 3.63) is 41.5 Å². The van der Waals surface area contributed by atoms with Crippen LogP contribution in [0.25, 0.3) is 0 Å². The summed E-state index contributed by atoms with van der Waals surface area (Å²) in [5, 5.41) is 3.78. The maximum absolute atomic E-state index is 11.9. The SMILES string of the molecule is CSc1ncc(CNC(=O)c2cccc(C)n2)n1C. The van der Waals surface area contributed by atoms with Crippen molar-refractivity contribution < 1.29 is 4.79 Å². The fourth-order valence-electron chi connectivity index (χ4n) is 1.71. The second kappa shape index (κ2) is 5.88. The molecule has 0 aliphatic heterocycles. The molecule has 2 aromatic heterocycles. The number of hydrogen-bond donors (Lipinski definition) is 1. The molecule has 5 nitrogen and oxygen atoms in total. The summed E-state index contributed by atoms with van der Waals surface area (Å²) in [5.41, 5.74) is 2.23. The average molecular weight is 276 g/mol. The number of aryl methyl sites for hydroxylation is 1. The van der Waals surface area contributed by atoms with Crippen LogP contribution in [0.3, 0.4) is 0 Å². The van der Waals surface area contributed by atoms with E-state index in [0.717, 1.165) is 16.5 Å². The van der Waals surface area contributed by atoms with Gasteiger partial charge in [-0.25, -0.2) is 9.97 Å². The highest BCUT2D eigenvalue weighted by atomic mass is 32.2. The van der Waals surface area contributed by atoms with E-state index in [-0.39, 0.29) is 5.91 Å². The topological polar surface area (TPSA) is 59.8 Å². The fourth-order valence-corrected chi connectivity index (χ4v) is 2.26. The molecule has 0 atom stereocenters. The molecule has 19 heavy (non-hydrogen) atoms. The molecular formula is C13H16N4OS. The first-order valence-corrected chi connectivity index (χ1v) is 7.10. The van der Waals surface area contributed by atoms with Gasteiger partial charge < -0.3 is 9.88 Å². The van der Waals surface area contributed by atoms with Crippen molar-refractivity contribution in [1.82, 2.24) is 19.9 Å². The number of pyridine rings is 1. The van der Waals surface area contributed by atoms with Gasteiger partial charge >= 0.3 is 0 Å². The van der Waals surface area contributed by atoms with E-state index < -0.39 is 0 Å². The minimum atomic E-state index is -0.171. The molecule has 2 heterocycles. The lowest BCUT2D eigenvalue weighted by molar-refractivity contribution is 0.0945. The highest BCUT2D eigenvalue weighted by Crippen LogP contribution is 2.13. The Kier molecular flexibility index (Phi) is 4.21. The Morgan fingerprint density at radius 1 is 1.47 bits per heavy atom. The van der Waals surface area contributed by atoms with Crippen LogP contribution in [0.4, 0.5) is 0 Å². The highest BCUT2D eigenvalue weighted by Gasteiger charge is 2.09. The zero-order valence-corrected chi connectivity index (χ0v) is 12.0. The van der Waals surface area contributed by atoms with Crippen molar-refractivity contribution in [2.24, 2.45) is 7.05 Å². The summed E-state index contributed by atoms with van der Waals surface area (Å²) in [6.45, 7) is 2.31. The number of nitrogens with zero attached hydrogens (tertiary/aromatic N) is 3. The van der Waals surface area contributed by atoms with Crippen molar-refractivity contribution >= 4 is 17.7 Å². The Balaban J connectivity index is 2.02. The summed E-state index contributed by atoms with van der Waals surface area (Å²) in [6.07, 6.45) is 3.75. The van der Waals surface area contributed by atoms with Gasteiger partial charge in [-0.15, -0.1) is 0 Å². The number of carbonyl (C=O) groups is 1. The van der Waals surface area contributed by atoms with Crippen LogP contribution in [-0.2, 0) is 13.6 Å². The number of aromatic nitrogens is 3. The molecular weight excluding hydrogens is 260 g/mol. The normalized spacial score (nSPS) is 10.5. The first kappa shape index (κ1) is 13.6. The summed E-state index contributed by atoms with van der Waals surface area (Å²) in [7, 11) is 1.94. The molecule has 1 amide bonds. The fraction of sp³-hybridized carbons (Fsp3) is 0.308. The van der Waals surface area contributed by atoms with Gasteiger partial charge in [0.2, 0.25) is 0 Å². The number of rotatable bonds is 4. The quantitative estimate of drug-likeness (QED) is 0.865. The molecule has 0 aliphatic rings. The van der Waals surface area contributed by atoms with Crippen LogP contribution in [0.15, 0.2) is 29.6 Å². The number of nitrogens with one attached hydrogen (secondary N) is 1. The van der Waals surface area contributed by atoms with Crippen LogP contribution >= 0.6 is 11.8 Å². The van der Waals surface area contributed by atoms with Gasteiger partial charge in [-0.3, -0.25) is 4.79 Å². The minimum Gasteiger partial charge on any atom is -0.345 e. The zero-order valence-electron chi connectivity index (χ0n) is 11.2. The van der Waals surface area contributed by atoms with Gasteiger partial charge in [-0.05, 0) is 25.3 Å². The number of thioether (sulfide) groups is 1. The summed E-state index contributed by atoms with van der Waals surface area (Å²) >= 11 is 1.58. The third kappa shape index (κ3) is 3.14. The van der Waals surface area contributed by atoms with E-state index in [1.54, 1.807) is 24.0 Å². The molecule has 100 valence electrons. The lowest BCUT2D eigenvalue weighted by Crippen LogP contribution is -2.25. The standard InChI is InChI=1S/C13H16N4OS/c1-9-5-4-6-11(16-9)12(18)14-7-10-8-15-13(19-3)17(10)2/h4-6,8H,7H2,1-3H3,(H,14,18). The molecule has 0 saturated heterocycles. The molecule has 0 unspecified atom stereocenters. The molecule has 0 aromatic carbocycles. The second-order valence-corrected chi connectivity index (χ2v) is 4.92. The minimum absolute atomic E-state index is 0.171. The number of imidazole rings is 1. The third-order valence-electron chi connectivity index (χ3n) is 2.78. The van der Waals surface area contributed by atoms with E-state index in [4.69, 9.17) is 0 Å². The average Bonchev–Trinajstić information content (AvgIpc) is 2.76. The molecule has 0 saturated carbocycles. The van der Waals surface area contributed by atoms with Gasteiger partial charge in [-0.2, -0.15) is 0 Å². The van der Waals surface area contributed by atoms with Crippen molar-refractivity contribution in [3.63, 3.8) is 0 Å². The van der Waals surface area contributed by atoms with E-state index in [1.807, 2.05) is 36.9 Å². The van der Waals surface area contributed by atoms with Crippen molar-refractivity contribution in [2.45, 2.75) is 18.6 Å². The molecule has 0 bridgehead atoms. The van der Waals surface area contributed by atoms with Crippen LogP contribution in [-0.4, -0.2) is 26.7 Å². The van der Waals surface area contributed by atoms with Crippen molar-refractivity contribution in [1.29, 1.82) is 0 Å². The molecule has 1 N–H and O–H groups in total. The van der Waals surface area contributed by atoms with E-state index in [2.05, 4.69) is 15.3 Å². The van der Waals surface area contributed by atoms with Gasteiger partial charge in [0.15, 0.2) is 5.16 Å². The largest absolute Gasteiger partial charge is 0.345 e. The van der Waals surface area contributed by atoms with Crippen molar-refractivity contribution in [2.75, 3.05) is 6.26 Å². The predicted molar refractivity (Wildman–Crippen MR) is 75.1 cm³/mol. The Hall–Kier alpha value is -1.82. The van der Waals surface area contributed by atoms with E-state index in [1.165, 1.54) is 0 Å². The smallest absolute Gasteiger partial charge is 0.270 e. The van der Waals surface area contributed by atoms with E-state index in [9.17, 15) is 4.79 Å². The van der Waals surface area contributed by atoms with E-state index in [0.29, 0.717) is 12.2 Å². The Morgan fingerprint density at radius 3 is 2.89 bits per heavy atom. The molecule has 2 rings (SSSR count). The number of hydrogen-bond acceptors (Lipinski definition) is 4. The monoisotopic (exact) mass is 276 g/mol. The summed E-state index contributed by atoms with van der Waals surface area (Å²) in [4.78, 5) is 20.4. The highest BCUT2D eigenvalue weighted by molar-refractivity contribution is 7.98. The lowest BCUT2D eigenvalue weighted by atomic mass is 10.3. The van der Waals surface area contributed by atoms with Crippen LogP contribution in [0, 0.1) is 6.92 Å². The molecule has 0 radical (unpaired) electrons. The Bertz CT molecular complexity index is 594. The Morgan fingerprint density at radius 2 is 2.26 bits per heavy atom. The third-order valence-corrected chi connectivity index (χ3v) is 3.52. The maximum atomic E-state index is 11.9. The maximum Gasteiger partial charge on any atom is 0.270 e. The van der Waals surface area contributed by atoms with Crippen LogP contribution in [0.1, 0.15) is 21.9 Å². The predicted octanol–water partition coefficient (Wildman–Crippen LogP) is 1.78. The second-order valence-electron chi connectivity index (χ2n) is 4.14. The Labute approximate surface area is 116 Å². The van der Waals surface area contributed by atoms with Crippen LogP contribution in [0.5, 0.6) is 0 Å². The summed E-state index contributed by atoms with van der Waals surface area (Å²) in [5.74, 6) is -0.171. The zero-order chi connectivity index (χ0) is 13.8. The molecule has 0 fully saturated rings. The molecule has 0 aliphatic carbocycles.